The summed E-state index contributed by atoms with van der Waals surface area (Å²) >= 11 is 0. The molecule has 0 heterocycles. The Hall–Kier alpha value is -3.99. The van der Waals surface area contributed by atoms with E-state index in [2.05, 4.69) is 16.7 Å². The number of ether oxygens (including phenoxy) is 1. The van der Waals surface area contributed by atoms with Crippen LogP contribution in [-0.2, 0) is 20.9 Å². The molecular weight excluding hydrogens is 458 g/mol. The summed E-state index contributed by atoms with van der Waals surface area (Å²) in [6, 6.07) is 15.3. The first-order valence-electron chi connectivity index (χ1n) is 11.9. The molecule has 0 aliphatic rings. The van der Waals surface area contributed by atoms with Gasteiger partial charge in [-0.05, 0) is 49.9 Å². The zero-order chi connectivity index (χ0) is 26.9. The smallest absolute Gasteiger partial charge is 0.408 e. The number of phenols is 1. The monoisotopic (exact) mass is 493 g/mol. The molecule has 8 heteroatoms. The SMILES string of the molecule is C#CN(C(=O)C(NC(=O)OC(C)(C)C)C(C)CC)C(C(=O)NCc1ccccc1)c1cccc(O)c1. The average Bonchev–Trinajstić information content (AvgIpc) is 2.83. The Morgan fingerprint density at radius 3 is 2.33 bits per heavy atom. The molecule has 8 nitrogen and oxygen atoms in total. The van der Waals surface area contributed by atoms with Gasteiger partial charge >= 0.3 is 6.09 Å². The van der Waals surface area contributed by atoms with Crippen LogP contribution < -0.4 is 10.6 Å². The van der Waals surface area contributed by atoms with Gasteiger partial charge in [-0.25, -0.2) is 4.79 Å². The van der Waals surface area contributed by atoms with E-state index < -0.39 is 35.6 Å². The minimum absolute atomic E-state index is 0.0804. The van der Waals surface area contributed by atoms with E-state index in [9.17, 15) is 19.5 Å². The molecule has 3 N–H and O–H groups in total. The highest BCUT2D eigenvalue weighted by molar-refractivity contribution is 5.93. The van der Waals surface area contributed by atoms with Gasteiger partial charge in [-0.3, -0.25) is 14.5 Å². The highest BCUT2D eigenvalue weighted by Gasteiger charge is 2.37. The number of nitrogens with zero attached hydrogens (tertiary/aromatic N) is 1. The molecular formula is C28H35N3O5. The fourth-order valence-corrected chi connectivity index (χ4v) is 3.53. The lowest BCUT2D eigenvalue weighted by atomic mass is 9.96. The number of amides is 3. The number of carbonyl (C=O) groups is 3. The Labute approximate surface area is 213 Å². The van der Waals surface area contributed by atoms with Crippen molar-refractivity contribution in [1.82, 2.24) is 15.5 Å². The van der Waals surface area contributed by atoms with Crippen molar-refractivity contribution in [2.24, 2.45) is 5.92 Å². The van der Waals surface area contributed by atoms with E-state index in [0.29, 0.717) is 12.0 Å². The van der Waals surface area contributed by atoms with Gasteiger partial charge in [0.05, 0.1) is 0 Å². The minimum Gasteiger partial charge on any atom is -0.508 e. The van der Waals surface area contributed by atoms with Gasteiger partial charge < -0.3 is 20.5 Å². The van der Waals surface area contributed by atoms with Gasteiger partial charge in [0, 0.05) is 12.6 Å². The molecule has 0 bridgehead atoms. The average molecular weight is 494 g/mol. The summed E-state index contributed by atoms with van der Waals surface area (Å²) in [4.78, 5) is 40.6. The maximum absolute atomic E-state index is 13.7. The van der Waals surface area contributed by atoms with E-state index in [1.54, 1.807) is 39.8 Å². The van der Waals surface area contributed by atoms with Crippen molar-refractivity contribution in [3.63, 3.8) is 0 Å². The fraction of sp³-hybridized carbons (Fsp3) is 0.393. The molecule has 0 aliphatic heterocycles. The van der Waals surface area contributed by atoms with Crippen LogP contribution in [0.5, 0.6) is 5.75 Å². The van der Waals surface area contributed by atoms with Gasteiger partial charge in [-0.15, -0.1) is 0 Å². The predicted molar refractivity (Wildman–Crippen MR) is 137 cm³/mol. The van der Waals surface area contributed by atoms with E-state index in [0.717, 1.165) is 10.5 Å². The maximum atomic E-state index is 13.7. The minimum atomic E-state index is -1.25. The van der Waals surface area contributed by atoms with Gasteiger partial charge in [0.15, 0.2) is 0 Å². The van der Waals surface area contributed by atoms with Gasteiger partial charge in [0.1, 0.15) is 23.4 Å². The number of carbonyl (C=O) groups excluding carboxylic acids is 3. The molecule has 0 fully saturated rings. The van der Waals surface area contributed by atoms with Gasteiger partial charge in [0.25, 0.3) is 5.91 Å². The molecule has 0 spiro atoms. The zero-order valence-corrected chi connectivity index (χ0v) is 21.4. The largest absolute Gasteiger partial charge is 0.508 e. The number of terminal acetylenes is 1. The molecule has 3 atom stereocenters. The summed E-state index contributed by atoms with van der Waals surface area (Å²) in [6.07, 6.45) is 5.57. The molecule has 0 aliphatic carbocycles. The van der Waals surface area contributed by atoms with Crippen molar-refractivity contribution in [2.75, 3.05) is 0 Å². The highest BCUT2D eigenvalue weighted by atomic mass is 16.6. The topological polar surface area (TPSA) is 108 Å². The van der Waals surface area contributed by atoms with E-state index in [1.807, 2.05) is 37.3 Å². The quantitative estimate of drug-likeness (QED) is 0.360. The number of hydrogen-bond donors (Lipinski definition) is 3. The summed E-state index contributed by atoms with van der Waals surface area (Å²) < 4.78 is 5.34. The molecule has 2 aromatic carbocycles. The van der Waals surface area contributed by atoms with Gasteiger partial charge in [0.2, 0.25) is 5.91 Å². The second kappa shape index (κ2) is 12.6. The molecule has 36 heavy (non-hydrogen) atoms. The maximum Gasteiger partial charge on any atom is 0.408 e. The van der Waals surface area contributed by atoms with E-state index >= 15 is 0 Å². The van der Waals surface area contributed by atoms with E-state index in [-0.39, 0.29) is 18.2 Å². The molecule has 0 saturated heterocycles. The first-order valence-corrected chi connectivity index (χ1v) is 11.9. The summed E-state index contributed by atoms with van der Waals surface area (Å²) in [5.74, 6) is -1.56. The third-order valence-corrected chi connectivity index (χ3v) is 5.53. The Bertz CT molecular complexity index is 1090. The predicted octanol–water partition coefficient (Wildman–Crippen LogP) is 4.11. The molecule has 2 aromatic rings. The number of nitrogens with one attached hydrogen (secondary N) is 2. The molecule has 3 amide bonds. The number of alkyl carbamates (subject to hydrolysis) is 1. The third-order valence-electron chi connectivity index (χ3n) is 5.53. The van der Waals surface area contributed by atoms with Crippen LogP contribution >= 0.6 is 0 Å². The lowest BCUT2D eigenvalue weighted by Gasteiger charge is -2.32. The summed E-state index contributed by atoms with van der Waals surface area (Å²) in [7, 11) is 0. The fourth-order valence-electron chi connectivity index (χ4n) is 3.53. The summed E-state index contributed by atoms with van der Waals surface area (Å²) in [5, 5.41) is 15.5. The second-order valence-corrected chi connectivity index (χ2v) is 9.55. The molecule has 0 radical (unpaired) electrons. The van der Waals surface area contributed by atoms with Crippen molar-refractivity contribution < 1.29 is 24.2 Å². The highest BCUT2D eigenvalue weighted by Crippen LogP contribution is 2.26. The van der Waals surface area contributed by atoms with Crippen LogP contribution in [0.25, 0.3) is 0 Å². The van der Waals surface area contributed by atoms with Crippen molar-refractivity contribution >= 4 is 17.9 Å². The van der Waals surface area contributed by atoms with Crippen LogP contribution in [0.15, 0.2) is 54.6 Å². The van der Waals surface area contributed by atoms with Crippen LogP contribution in [0.1, 0.15) is 58.2 Å². The summed E-state index contributed by atoms with van der Waals surface area (Å²) in [6.45, 7) is 9.04. The number of aromatic hydroxyl groups is 1. The molecule has 3 unspecified atom stereocenters. The summed E-state index contributed by atoms with van der Waals surface area (Å²) in [5.41, 5.74) is 0.426. The molecule has 0 saturated carbocycles. The van der Waals surface area contributed by atoms with Crippen molar-refractivity contribution in [2.45, 2.75) is 65.3 Å². The van der Waals surface area contributed by atoms with Crippen molar-refractivity contribution in [1.29, 1.82) is 0 Å². The first-order chi connectivity index (χ1) is 17.0. The Kier molecular flexibility index (Phi) is 9.92. The van der Waals surface area contributed by atoms with Crippen LogP contribution in [0.4, 0.5) is 4.79 Å². The first kappa shape index (κ1) is 28.2. The third kappa shape index (κ3) is 8.05. The number of phenolic OH excluding ortho intramolecular Hbond substituents is 1. The normalized spacial score (nSPS) is 13.4. The lowest BCUT2D eigenvalue weighted by Crippen LogP contribution is -2.53. The zero-order valence-electron chi connectivity index (χ0n) is 21.4. The van der Waals surface area contributed by atoms with Crippen LogP contribution in [0.2, 0.25) is 0 Å². The van der Waals surface area contributed by atoms with Crippen molar-refractivity contribution in [3.05, 3.63) is 65.7 Å². The van der Waals surface area contributed by atoms with E-state index in [1.165, 1.54) is 12.1 Å². The molecule has 0 aromatic heterocycles. The van der Waals surface area contributed by atoms with Crippen LogP contribution in [0.3, 0.4) is 0 Å². The number of rotatable bonds is 9. The standard InChI is InChI=1S/C28H35N3O5/c1-7-19(3)23(30-27(35)36-28(4,5)6)26(34)31(8-2)24(21-15-12-16-22(32)17-21)25(33)29-18-20-13-10-9-11-14-20/h2,9-17,19,23-24,32H,7,18H2,1,3-6H3,(H,29,33)(H,30,35). The van der Waals surface area contributed by atoms with Gasteiger partial charge in [-0.1, -0.05) is 69.2 Å². The Morgan fingerprint density at radius 1 is 1.11 bits per heavy atom. The van der Waals surface area contributed by atoms with Crippen molar-refractivity contribution in [3.8, 4) is 18.2 Å². The number of benzene rings is 2. The second-order valence-electron chi connectivity index (χ2n) is 9.55. The van der Waals surface area contributed by atoms with Crippen LogP contribution in [-0.4, -0.2) is 39.6 Å². The Morgan fingerprint density at radius 2 is 1.78 bits per heavy atom. The van der Waals surface area contributed by atoms with Crippen LogP contribution in [0, 0.1) is 18.4 Å². The number of hydrogen-bond acceptors (Lipinski definition) is 5. The Balaban J connectivity index is 2.40. The van der Waals surface area contributed by atoms with E-state index in [4.69, 9.17) is 11.2 Å². The van der Waals surface area contributed by atoms with Gasteiger partial charge in [-0.2, -0.15) is 0 Å². The lowest BCUT2D eigenvalue weighted by molar-refractivity contribution is -0.139. The molecule has 2 rings (SSSR count). The molecule has 192 valence electrons.